The summed E-state index contributed by atoms with van der Waals surface area (Å²) in [6.07, 6.45) is 12.2. The Hall–Kier alpha value is -3.73. The van der Waals surface area contributed by atoms with E-state index in [0.717, 1.165) is 50.7 Å². The summed E-state index contributed by atoms with van der Waals surface area (Å²) in [5.74, 6) is -0.214. The Bertz CT molecular complexity index is 1400. The van der Waals surface area contributed by atoms with Crippen molar-refractivity contribution in [3.05, 3.63) is 57.7 Å². The van der Waals surface area contributed by atoms with Crippen LogP contribution < -0.4 is 5.32 Å². The molecule has 1 aromatic rings. The summed E-state index contributed by atoms with van der Waals surface area (Å²) in [5.41, 5.74) is 1.08. The molecular weight excluding hydrogens is 554 g/mol. The second-order valence-electron chi connectivity index (χ2n) is 13.2. The van der Waals surface area contributed by atoms with Crippen LogP contribution in [0.1, 0.15) is 64.9 Å². The maximum Gasteiger partial charge on any atom is 0.328 e. The van der Waals surface area contributed by atoms with Crippen LogP contribution in [0.15, 0.2) is 47.2 Å². The number of nitrogens with zero attached hydrogens (tertiary/aromatic N) is 2. The van der Waals surface area contributed by atoms with Crippen molar-refractivity contribution in [2.45, 2.75) is 77.4 Å². The summed E-state index contributed by atoms with van der Waals surface area (Å²) in [6.45, 7) is 6.18. The number of nitro benzene ring substituents is 1. The van der Waals surface area contributed by atoms with Gasteiger partial charge in [0.25, 0.3) is 5.91 Å². The number of hydrogen-bond acceptors (Lipinski definition) is 9. The van der Waals surface area contributed by atoms with Crippen molar-refractivity contribution in [3.63, 3.8) is 0 Å². The molecule has 0 bridgehead atoms. The number of ether oxygens (including phenoxy) is 1. The molecule has 0 saturated heterocycles. The molecule has 11 heteroatoms. The Morgan fingerprint density at radius 1 is 1.19 bits per heavy atom. The topological polar surface area (TPSA) is 161 Å². The fourth-order valence-electron chi connectivity index (χ4n) is 8.32. The van der Waals surface area contributed by atoms with E-state index in [-0.39, 0.29) is 17.3 Å². The molecule has 3 fully saturated rings. The number of nitro groups is 1. The molecule has 3 saturated carbocycles. The molecule has 3 N–H and O–H groups in total. The third-order valence-electron chi connectivity index (χ3n) is 11.0. The fraction of sp³-hybridized carbons (Fsp3) is 0.594. The van der Waals surface area contributed by atoms with Gasteiger partial charge in [-0.25, -0.2) is 4.79 Å². The van der Waals surface area contributed by atoms with Gasteiger partial charge < -0.3 is 25.1 Å². The van der Waals surface area contributed by atoms with Crippen LogP contribution in [0.5, 0.6) is 5.75 Å². The van der Waals surface area contributed by atoms with Crippen molar-refractivity contribution in [3.8, 4) is 5.75 Å². The molecule has 11 nitrogen and oxygen atoms in total. The van der Waals surface area contributed by atoms with Gasteiger partial charge in [0.15, 0.2) is 12.4 Å². The largest absolute Gasteiger partial charge is 0.502 e. The van der Waals surface area contributed by atoms with E-state index in [1.807, 2.05) is 13.0 Å². The molecule has 0 unspecified atom stereocenters. The zero-order valence-electron chi connectivity index (χ0n) is 25.2. The average Bonchev–Trinajstić information content (AvgIpc) is 3.21. The molecule has 232 valence electrons. The zero-order chi connectivity index (χ0) is 31.2. The molecule has 7 atom stereocenters. The molecule has 0 radical (unpaired) electrons. The van der Waals surface area contributed by atoms with Gasteiger partial charge in [-0.3, -0.25) is 14.9 Å². The summed E-state index contributed by atoms with van der Waals surface area (Å²) in [4.78, 5) is 40.7. The highest BCUT2D eigenvalue weighted by Gasteiger charge is 2.62. The van der Waals surface area contributed by atoms with Crippen molar-refractivity contribution in [1.29, 1.82) is 0 Å². The maximum absolute atomic E-state index is 12.6. The molecule has 0 heterocycles. The number of phenolic OH excluding ortho intramolecular Hbond substituents is 1. The first-order valence-electron chi connectivity index (χ1n) is 14.9. The maximum atomic E-state index is 12.6. The number of benzene rings is 1. The van der Waals surface area contributed by atoms with E-state index in [9.17, 15) is 29.9 Å². The molecule has 43 heavy (non-hydrogen) atoms. The molecule has 4 aliphatic rings. The van der Waals surface area contributed by atoms with Gasteiger partial charge in [0.2, 0.25) is 0 Å². The quantitative estimate of drug-likeness (QED) is 0.227. The second-order valence-corrected chi connectivity index (χ2v) is 13.2. The molecule has 4 aliphatic carbocycles. The number of esters is 1. The lowest BCUT2D eigenvalue weighted by atomic mass is 9.47. The van der Waals surface area contributed by atoms with Gasteiger partial charge in [0.1, 0.15) is 11.8 Å². The second kappa shape index (κ2) is 11.4. The number of aromatic hydroxyl groups is 1. The van der Waals surface area contributed by atoms with E-state index in [0.29, 0.717) is 29.0 Å². The fourth-order valence-corrected chi connectivity index (χ4v) is 8.32. The molecular formula is C32H41N3O8. The molecule has 1 amide bonds. The van der Waals surface area contributed by atoms with Gasteiger partial charge in [0, 0.05) is 17.9 Å². The number of nitrogens with one attached hydrogen (secondary N) is 1. The van der Waals surface area contributed by atoms with Crippen LogP contribution in [0, 0.1) is 38.7 Å². The van der Waals surface area contributed by atoms with Crippen LogP contribution in [0.3, 0.4) is 0 Å². The van der Waals surface area contributed by atoms with Crippen molar-refractivity contribution < 1.29 is 34.3 Å². The monoisotopic (exact) mass is 595 g/mol. The van der Waals surface area contributed by atoms with Gasteiger partial charge in [-0.15, -0.1) is 0 Å². The third-order valence-corrected chi connectivity index (χ3v) is 11.0. The Morgan fingerprint density at radius 3 is 2.65 bits per heavy atom. The predicted octanol–water partition coefficient (Wildman–Crippen LogP) is 4.36. The van der Waals surface area contributed by atoms with Crippen LogP contribution >= 0.6 is 0 Å². The number of phenols is 1. The lowest BCUT2D eigenvalue weighted by molar-refractivity contribution is -0.385. The van der Waals surface area contributed by atoms with Crippen LogP contribution in [0.4, 0.5) is 5.69 Å². The highest BCUT2D eigenvalue weighted by atomic mass is 16.6. The normalized spacial score (nSPS) is 34.3. The lowest BCUT2D eigenvalue weighted by Gasteiger charge is -2.58. The Labute approximate surface area is 251 Å². The number of carbonyl (C=O) groups excluding carboxylic acids is 2. The smallest absolute Gasteiger partial charge is 0.328 e. The van der Waals surface area contributed by atoms with Gasteiger partial charge >= 0.3 is 11.7 Å². The summed E-state index contributed by atoms with van der Waals surface area (Å²) in [7, 11) is 1.18. The van der Waals surface area contributed by atoms with Crippen LogP contribution in [0.25, 0.3) is 0 Å². The minimum absolute atomic E-state index is 0.0277. The third kappa shape index (κ3) is 5.55. The zero-order valence-corrected chi connectivity index (χ0v) is 25.2. The first-order chi connectivity index (χ1) is 20.3. The number of allylic oxidation sites excluding steroid dienone is 4. The number of hydrogen-bond donors (Lipinski definition) is 3. The van der Waals surface area contributed by atoms with Crippen molar-refractivity contribution >= 4 is 23.3 Å². The molecule has 0 spiro atoms. The van der Waals surface area contributed by atoms with Crippen molar-refractivity contribution in [2.75, 3.05) is 13.7 Å². The SMILES string of the molecule is COC(=O)[C@H](Cc1ccc(O)c([N+](=O)[O-])c1)NC(=O)CON=C1C=C[C@@]2(C)C(=C1)CC[C@@H]1[C@H]2CC[C@@]2(C)[C@H]1CC[C@]2(C)O. The number of amides is 1. The average molecular weight is 596 g/mol. The van der Waals surface area contributed by atoms with Gasteiger partial charge in [-0.1, -0.05) is 36.7 Å². The first kappa shape index (κ1) is 30.7. The minimum Gasteiger partial charge on any atom is -0.502 e. The number of carbonyl (C=O) groups is 2. The van der Waals surface area contributed by atoms with E-state index in [4.69, 9.17) is 9.57 Å². The van der Waals surface area contributed by atoms with Gasteiger partial charge in [0.05, 0.1) is 17.6 Å². The first-order valence-corrected chi connectivity index (χ1v) is 14.9. The van der Waals surface area contributed by atoms with E-state index >= 15 is 0 Å². The van der Waals surface area contributed by atoms with E-state index < -0.39 is 46.5 Å². The van der Waals surface area contributed by atoms with Crippen LogP contribution in [0.2, 0.25) is 0 Å². The number of rotatable bonds is 8. The standard InChI is InChI=1S/C32H41N3O8/c1-30-12-9-21(17-20(30)6-7-22-23(30)10-13-31(2)24(22)11-14-32(31,3)39)34-43-18-28(37)33-25(29(38)42-4)15-19-5-8-27(36)26(16-19)35(40)41/h5,8-9,12,16-17,22-25,36,39H,6-7,10-11,13-15,18H2,1-4H3,(H,33,37)/t22-,23-,24+,25+,30+,31+,32+/m1/s1. The van der Waals surface area contributed by atoms with Crippen LogP contribution in [-0.2, 0) is 25.6 Å². The van der Waals surface area contributed by atoms with Gasteiger partial charge in [-0.2, -0.15) is 0 Å². The molecule has 0 aromatic heterocycles. The van der Waals surface area contributed by atoms with E-state index in [2.05, 4.69) is 36.5 Å². The highest BCUT2D eigenvalue weighted by Crippen LogP contribution is 2.66. The van der Waals surface area contributed by atoms with Crippen molar-refractivity contribution in [2.24, 2.45) is 33.7 Å². The molecule has 0 aliphatic heterocycles. The Balaban J connectivity index is 1.20. The Kier molecular flexibility index (Phi) is 8.15. The Morgan fingerprint density at radius 2 is 1.93 bits per heavy atom. The number of fused-ring (bicyclic) bond motifs is 5. The lowest BCUT2D eigenvalue weighted by Crippen LogP contribution is -2.53. The van der Waals surface area contributed by atoms with E-state index in [1.54, 1.807) is 0 Å². The summed E-state index contributed by atoms with van der Waals surface area (Å²) in [6, 6.07) is 2.62. The number of methoxy groups -OCH3 is 1. The molecule has 1 aromatic carbocycles. The molecule has 5 rings (SSSR count). The van der Waals surface area contributed by atoms with Crippen LogP contribution in [-0.4, -0.2) is 58.1 Å². The number of aliphatic hydroxyl groups is 1. The minimum atomic E-state index is -1.12. The highest BCUT2D eigenvalue weighted by molar-refractivity contribution is 6.05. The summed E-state index contributed by atoms with van der Waals surface area (Å²) < 4.78 is 4.79. The van der Waals surface area contributed by atoms with E-state index in [1.165, 1.54) is 18.7 Å². The van der Waals surface area contributed by atoms with Gasteiger partial charge in [-0.05, 0) is 92.4 Å². The van der Waals surface area contributed by atoms with Crippen molar-refractivity contribution in [1.82, 2.24) is 5.32 Å². The summed E-state index contributed by atoms with van der Waals surface area (Å²) in [5, 5.41) is 38.7. The number of oxime groups is 1. The predicted molar refractivity (Wildman–Crippen MR) is 158 cm³/mol. The summed E-state index contributed by atoms with van der Waals surface area (Å²) >= 11 is 0.